The highest BCUT2D eigenvalue weighted by Gasteiger charge is 2.10. The second-order valence-electron chi connectivity index (χ2n) is 3.38. The predicted molar refractivity (Wildman–Crippen MR) is 66.7 cm³/mol. The number of hydrogen-bond donors (Lipinski definition) is 3. The quantitative estimate of drug-likeness (QED) is 0.691. The largest absolute Gasteiger partial charge is 0.370 e. The lowest BCUT2D eigenvalue weighted by Gasteiger charge is -2.17. The number of benzene rings is 1. The highest BCUT2D eigenvalue weighted by Crippen LogP contribution is 2.15. The number of anilines is 1. The van der Waals surface area contributed by atoms with E-state index in [1.54, 1.807) is 12.1 Å². The highest BCUT2D eigenvalue weighted by molar-refractivity contribution is 6.30. The Morgan fingerprint density at radius 1 is 1.44 bits per heavy atom. The molecule has 84 valence electrons. The Labute approximate surface area is 98.4 Å². The van der Waals surface area contributed by atoms with Gasteiger partial charge in [-0.25, -0.2) is 9.98 Å². The van der Waals surface area contributed by atoms with E-state index in [1.165, 1.54) is 0 Å². The van der Waals surface area contributed by atoms with Crippen molar-refractivity contribution < 1.29 is 0 Å². The lowest BCUT2D eigenvalue weighted by Crippen LogP contribution is -2.44. The second kappa shape index (κ2) is 4.40. The zero-order chi connectivity index (χ0) is 11.5. The Kier molecular flexibility index (Phi) is 2.96. The van der Waals surface area contributed by atoms with Crippen molar-refractivity contribution in [2.45, 2.75) is 13.1 Å². The Balaban J connectivity index is 2.11. The van der Waals surface area contributed by atoms with Gasteiger partial charge < -0.3 is 11.1 Å². The molecule has 1 heterocycles. The molecule has 6 heteroatoms. The van der Waals surface area contributed by atoms with Crippen molar-refractivity contribution in [2.75, 3.05) is 5.32 Å². The van der Waals surface area contributed by atoms with Crippen molar-refractivity contribution >= 4 is 29.2 Å². The summed E-state index contributed by atoms with van der Waals surface area (Å²) in [6.07, 6.45) is -0.178. The molecule has 0 amide bonds. The SMILES string of the molecule is CC1N=C(N)NC(Nc2cccc(Cl)c2)=N1. The molecule has 0 aliphatic carbocycles. The summed E-state index contributed by atoms with van der Waals surface area (Å²) in [7, 11) is 0. The normalized spacial score (nSPS) is 19.5. The van der Waals surface area contributed by atoms with E-state index in [0.29, 0.717) is 16.9 Å². The molecule has 1 aliphatic rings. The zero-order valence-electron chi connectivity index (χ0n) is 8.74. The molecule has 16 heavy (non-hydrogen) atoms. The molecule has 0 spiro atoms. The Hall–Kier alpha value is -1.75. The minimum atomic E-state index is -0.178. The predicted octanol–water partition coefficient (Wildman–Crippen LogP) is 1.37. The van der Waals surface area contributed by atoms with Crippen molar-refractivity contribution in [1.29, 1.82) is 0 Å². The first-order valence-corrected chi connectivity index (χ1v) is 5.22. The Bertz CT molecular complexity index is 454. The first kappa shape index (κ1) is 10.8. The number of guanidine groups is 2. The van der Waals surface area contributed by atoms with Gasteiger partial charge in [0.1, 0.15) is 6.17 Å². The third kappa shape index (κ3) is 2.64. The molecule has 1 unspecified atom stereocenters. The van der Waals surface area contributed by atoms with Gasteiger partial charge in [-0.1, -0.05) is 17.7 Å². The zero-order valence-corrected chi connectivity index (χ0v) is 9.49. The van der Waals surface area contributed by atoms with Crippen molar-refractivity contribution in [3.8, 4) is 0 Å². The summed E-state index contributed by atoms with van der Waals surface area (Å²) in [6, 6.07) is 7.36. The van der Waals surface area contributed by atoms with Crippen LogP contribution in [0.5, 0.6) is 0 Å². The van der Waals surface area contributed by atoms with Crippen LogP contribution in [0.4, 0.5) is 5.69 Å². The van der Waals surface area contributed by atoms with E-state index >= 15 is 0 Å². The van der Waals surface area contributed by atoms with E-state index in [9.17, 15) is 0 Å². The monoisotopic (exact) mass is 237 g/mol. The molecule has 0 fully saturated rings. The van der Waals surface area contributed by atoms with Gasteiger partial charge in [0.15, 0.2) is 5.96 Å². The summed E-state index contributed by atoms with van der Waals surface area (Å²) in [5, 5.41) is 6.58. The number of rotatable bonds is 1. The van der Waals surface area contributed by atoms with Crippen molar-refractivity contribution in [3.63, 3.8) is 0 Å². The van der Waals surface area contributed by atoms with Crippen LogP contribution < -0.4 is 16.4 Å². The molecule has 0 radical (unpaired) electrons. The van der Waals surface area contributed by atoms with Crippen LogP contribution in [0.3, 0.4) is 0 Å². The molecule has 1 atom stereocenters. The van der Waals surface area contributed by atoms with Gasteiger partial charge in [0.2, 0.25) is 5.96 Å². The molecule has 1 aliphatic heterocycles. The molecule has 1 aromatic rings. The molecular weight excluding hydrogens is 226 g/mol. The Morgan fingerprint density at radius 3 is 2.94 bits per heavy atom. The molecule has 0 aromatic heterocycles. The van der Waals surface area contributed by atoms with Gasteiger partial charge in [0, 0.05) is 10.7 Å². The lowest BCUT2D eigenvalue weighted by atomic mass is 10.3. The van der Waals surface area contributed by atoms with E-state index in [4.69, 9.17) is 17.3 Å². The molecule has 0 saturated heterocycles. The van der Waals surface area contributed by atoms with Gasteiger partial charge >= 0.3 is 0 Å². The van der Waals surface area contributed by atoms with Crippen LogP contribution in [0.2, 0.25) is 5.02 Å². The lowest BCUT2D eigenvalue weighted by molar-refractivity contribution is 0.766. The van der Waals surface area contributed by atoms with Gasteiger partial charge in [-0.15, -0.1) is 0 Å². The fourth-order valence-electron chi connectivity index (χ4n) is 1.37. The molecule has 0 saturated carbocycles. The Morgan fingerprint density at radius 2 is 2.25 bits per heavy atom. The maximum atomic E-state index is 5.87. The summed E-state index contributed by atoms with van der Waals surface area (Å²) < 4.78 is 0. The number of nitrogens with zero attached hydrogens (tertiary/aromatic N) is 2. The fourth-order valence-corrected chi connectivity index (χ4v) is 1.56. The van der Waals surface area contributed by atoms with E-state index in [1.807, 2.05) is 19.1 Å². The summed E-state index contributed by atoms with van der Waals surface area (Å²) >= 11 is 5.87. The van der Waals surface area contributed by atoms with Crippen LogP contribution in [0, 0.1) is 0 Å². The standard InChI is InChI=1S/C10H12ClN5/c1-6-13-9(12)16-10(14-6)15-8-4-2-3-7(11)5-8/h2-6H,1H3,(H4,12,13,14,15,16). The molecule has 4 N–H and O–H groups in total. The number of halogens is 1. The molecule has 2 rings (SSSR count). The fraction of sp³-hybridized carbons (Fsp3) is 0.200. The molecule has 1 aromatic carbocycles. The number of hydrogen-bond acceptors (Lipinski definition) is 5. The minimum Gasteiger partial charge on any atom is -0.370 e. The third-order valence-corrected chi connectivity index (χ3v) is 2.21. The van der Waals surface area contributed by atoms with Gasteiger partial charge in [0.25, 0.3) is 0 Å². The maximum absolute atomic E-state index is 5.87. The van der Waals surface area contributed by atoms with Crippen molar-refractivity contribution in [1.82, 2.24) is 5.32 Å². The van der Waals surface area contributed by atoms with Crippen LogP contribution in [-0.4, -0.2) is 18.1 Å². The van der Waals surface area contributed by atoms with Crippen LogP contribution in [0.25, 0.3) is 0 Å². The van der Waals surface area contributed by atoms with E-state index in [-0.39, 0.29) is 6.17 Å². The van der Waals surface area contributed by atoms with Gasteiger partial charge in [-0.2, -0.15) is 0 Å². The molecule has 5 nitrogen and oxygen atoms in total. The van der Waals surface area contributed by atoms with Gasteiger partial charge in [0.05, 0.1) is 0 Å². The van der Waals surface area contributed by atoms with Crippen LogP contribution in [0.15, 0.2) is 34.3 Å². The van der Waals surface area contributed by atoms with Crippen molar-refractivity contribution in [3.05, 3.63) is 29.3 Å². The summed E-state index contributed by atoms with van der Waals surface area (Å²) in [4.78, 5) is 8.26. The van der Waals surface area contributed by atoms with Crippen LogP contribution in [-0.2, 0) is 0 Å². The minimum absolute atomic E-state index is 0.178. The van der Waals surface area contributed by atoms with E-state index in [0.717, 1.165) is 5.69 Å². The van der Waals surface area contributed by atoms with E-state index < -0.39 is 0 Å². The van der Waals surface area contributed by atoms with Crippen molar-refractivity contribution in [2.24, 2.45) is 15.7 Å². The number of aliphatic imine (C=N–C) groups is 2. The average molecular weight is 238 g/mol. The van der Waals surface area contributed by atoms with E-state index in [2.05, 4.69) is 20.6 Å². The number of nitrogens with one attached hydrogen (secondary N) is 2. The topological polar surface area (TPSA) is 74.8 Å². The molecular formula is C10H12ClN5. The van der Waals surface area contributed by atoms with Crippen LogP contribution >= 0.6 is 11.6 Å². The summed E-state index contributed by atoms with van der Waals surface area (Å²) in [6.45, 7) is 1.85. The van der Waals surface area contributed by atoms with Gasteiger partial charge in [-0.05, 0) is 25.1 Å². The summed E-state index contributed by atoms with van der Waals surface area (Å²) in [5.41, 5.74) is 6.44. The first-order valence-electron chi connectivity index (χ1n) is 4.84. The number of nitrogens with two attached hydrogens (primary N) is 1. The highest BCUT2D eigenvalue weighted by atomic mass is 35.5. The second-order valence-corrected chi connectivity index (χ2v) is 3.82. The summed E-state index contributed by atoms with van der Waals surface area (Å²) in [5.74, 6) is 0.925. The smallest absolute Gasteiger partial charge is 0.204 e. The van der Waals surface area contributed by atoms with Crippen LogP contribution in [0.1, 0.15) is 6.92 Å². The van der Waals surface area contributed by atoms with Gasteiger partial charge in [-0.3, -0.25) is 5.32 Å². The first-order chi connectivity index (χ1) is 7.63. The maximum Gasteiger partial charge on any atom is 0.204 e. The third-order valence-electron chi connectivity index (χ3n) is 1.98. The average Bonchev–Trinajstić information content (AvgIpc) is 2.15. The molecule has 0 bridgehead atoms.